The normalized spacial score (nSPS) is 11.2. The number of nitrogens with zero attached hydrogens (tertiary/aromatic N) is 4. The maximum atomic E-state index is 13.0. The fraction of sp³-hybridized carbons (Fsp3) is 0.364. The first-order valence-corrected chi connectivity index (χ1v) is 7.20. The average Bonchev–Trinajstić information content (AvgIpc) is 2.76. The minimum absolute atomic E-state index is 0.221. The molecular formula is C11H12BrFN4S. The highest BCUT2D eigenvalue weighted by Crippen LogP contribution is 2.26. The van der Waals surface area contributed by atoms with Crippen LogP contribution in [-0.4, -0.2) is 20.2 Å². The molecule has 0 aliphatic rings. The third-order valence-electron chi connectivity index (χ3n) is 2.32. The third kappa shape index (κ3) is 3.08. The van der Waals surface area contributed by atoms with Crippen LogP contribution < -0.4 is 0 Å². The van der Waals surface area contributed by atoms with Crippen LogP contribution in [0.25, 0.3) is 0 Å². The van der Waals surface area contributed by atoms with E-state index in [1.54, 1.807) is 10.7 Å². The molecule has 1 aromatic heterocycles. The summed E-state index contributed by atoms with van der Waals surface area (Å²) in [6.07, 6.45) is 0. The number of rotatable bonds is 4. The van der Waals surface area contributed by atoms with Gasteiger partial charge in [0.2, 0.25) is 5.16 Å². The van der Waals surface area contributed by atoms with Crippen molar-refractivity contribution in [1.82, 2.24) is 20.2 Å². The van der Waals surface area contributed by atoms with Gasteiger partial charge in [0.25, 0.3) is 0 Å². The topological polar surface area (TPSA) is 43.6 Å². The second-order valence-electron chi connectivity index (χ2n) is 4.02. The lowest BCUT2D eigenvalue weighted by molar-refractivity contribution is 0.477. The van der Waals surface area contributed by atoms with Gasteiger partial charge in [0.05, 0.1) is 6.04 Å². The first-order valence-electron chi connectivity index (χ1n) is 5.42. The molecular weight excluding hydrogens is 319 g/mol. The Balaban J connectivity index is 2.09. The van der Waals surface area contributed by atoms with Crippen molar-refractivity contribution in [1.29, 1.82) is 0 Å². The average molecular weight is 331 g/mol. The van der Waals surface area contributed by atoms with Crippen LogP contribution in [0.3, 0.4) is 0 Å². The van der Waals surface area contributed by atoms with Crippen LogP contribution in [0.2, 0.25) is 0 Å². The summed E-state index contributed by atoms with van der Waals surface area (Å²) in [5.74, 6) is 0.441. The van der Waals surface area contributed by atoms with Gasteiger partial charge in [-0.2, -0.15) is 0 Å². The van der Waals surface area contributed by atoms with E-state index in [0.29, 0.717) is 5.75 Å². The number of tetrazole rings is 1. The Morgan fingerprint density at radius 2 is 2.22 bits per heavy atom. The summed E-state index contributed by atoms with van der Waals surface area (Å²) in [5, 5.41) is 12.3. The predicted octanol–water partition coefficient (Wildman–Crippen LogP) is 3.45. The molecule has 1 heterocycles. The molecule has 0 spiro atoms. The molecule has 0 N–H and O–H groups in total. The van der Waals surface area contributed by atoms with Crippen molar-refractivity contribution < 1.29 is 4.39 Å². The van der Waals surface area contributed by atoms with Crippen LogP contribution in [-0.2, 0) is 5.75 Å². The maximum Gasteiger partial charge on any atom is 0.209 e. The fourth-order valence-corrected chi connectivity index (χ4v) is 3.07. The Hall–Kier alpha value is -0.950. The zero-order valence-electron chi connectivity index (χ0n) is 9.97. The first kappa shape index (κ1) is 13.5. The summed E-state index contributed by atoms with van der Waals surface area (Å²) in [6, 6.07) is 4.89. The van der Waals surface area contributed by atoms with E-state index in [-0.39, 0.29) is 11.9 Å². The highest BCUT2D eigenvalue weighted by atomic mass is 79.9. The van der Waals surface area contributed by atoms with E-state index >= 15 is 0 Å². The van der Waals surface area contributed by atoms with Gasteiger partial charge in [0.15, 0.2) is 0 Å². The van der Waals surface area contributed by atoms with Crippen molar-refractivity contribution in [2.24, 2.45) is 0 Å². The highest BCUT2D eigenvalue weighted by molar-refractivity contribution is 9.10. The molecule has 1 aromatic carbocycles. The molecule has 4 nitrogen and oxygen atoms in total. The molecule has 7 heteroatoms. The van der Waals surface area contributed by atoms with E-state index in [2.05, 4.69) is 31.5 Å². The molecule has 0 bridgehead atoms. The van der Waals surface area contributed by atoms with Crippen molar-refractivity contribution in [2.45, 2.75) is 30.8 Å². The Kier molecular flexibility index (Phi) is 4.34. The van der Waals surface area contributed by atoms with Crippen molar-refractivity contribution in [2.75, 3.05) is 0 Å². The zero-order valence-corrected chi connectivity index (χ0v) is 12.4. The minimum atomic E-state index is -0.248. The molecule has 0 atom stereocenters. The van der Waals surface area contributed by atoms with E-state index < -0.39 is 0 Å². The zero-order chi connectivity index (χ0) is 13.1. The maximum absolute atomic E-state index is 13.0. The molecule has 96 valence electrons. The van der Waals surface area contributed by atoms with Crippen LogP contribution >= 0.6 is 27.7 Å². The molecule has 0 saturated heterocycles. The van der Waals surface area contributed by atoms with E-state index in [1.807, 2.05) is 13.8 Å². The summed E-state index contributed by atoms with van der Waals surface area (Å²) in [4.78, 5) is 0. The molecule has 0 aliphatic carbocycles. The van der Waals surface area contributed by atoms with Crippen LogP contribution in [0.5, 0.6) is 0 Å². The lowest BCUT2D eigenvalue weighted by Crippen LogP contribution is -2.04. The summed E-state index contributed by atoms with van der Waals surface area (Å²) >= 11 is 4.88. The molecule has 0 aliphatic heterocycles. The quantitative estimate of drug-likeness (QED) is 0.805. The smallest absolute Gasteiger partial charge is 0.209 e. The second-order valence-corrected chi connectivity index (χ2v) is 5.82. The Labute approximate surface area is 117 Å². The second kappa shape index (κ2) is 5.79. The lowest BCUT2D eigenvalue weighted by Gasteiger charge is -2.07. The van der Waals surface area contributed by atoms with Crippen molar-refractivity contribution in [3.63, 3.8) is 0 Å². The SMILES string of the molecule is CC(C)n1nnnc1SCc1ccc(F)cc1Br. The fourth-order valence-electron chi connectivity index (χ4n) is 1.39. The number of hydrogen-bond donors (Lipinski definition) is 0. The number of hydrogen-bond acceptors (Lipinski definition) is 4. The van der Waals surface area contributed by atoms with Gasteiger partial charge in [-0.25, -0.2) is 9.07 Å². The predicted molar refractivity (Wildman–Crippen MR) is 71.9 cm³/mol. The number of aromatic nitrogens is 4. The number of benzene rings is 1. The van der Waals surface area contributed by atoms with Gasteiger partial charge in [-0.15, -0.1) is 5.10 Å². The van der Waals surface area contributed by atoms with Crippen LogP contribution in [0.15, 0.2) is 27.8 Å². The van der Waals surface area contributed by atoms with E-state index in [4.69, 9.17) is 0 Å². The van der Waals surface area contributed by atoms with Gasteiger partial charge in [-0.1, -0.05) is 33.8 Å². The molecule has 0 radical (unpaired) electrons. The molecule has 0 unspecified atom stereocenters. The van der Waals surface area contributed by atoms with Crippen molar-refractivity contribution in [3.05, 3.63) is 34.1 Å². The standard InChI is InChI=1S/C11H12BrFN4S/c1-7(2)17-11(14-15-16-17)18-6-8-3-4-9(13)5-10(8)12/h3-5,7H,6H2,1-2H3. The van der Waals surface area contributed by atoms with Crippen LogP contribution in [0.1, 0.15) is 25.5 Å². The summed E-state index contributed by atoms with van der Waals surface area (Å²) in [6.45, 7) is 4.04. The van der Waals surface area contributed by atoms with Gasteiger partial charge in [0.1, 0.15) is 5.82 Å². The van der Waals surface area contributed by atoms with Gasteiger partial charge < -0.3 is 0 Å². The number of thioether (sulfide) groups is 1. The first-order chi connectivity index (χ1) is 8.58. The van der Waals surface area contributed by atoms with Crippen LogP contribution in [0, 0.1) is 5.82 Å². The van der Waals surface area contributed by atoms with E-state index in [1.165, 1.54) is 23.9 Å². The van der Waals surface area contributed by atoms with Gasteiger partial charge in [-0.3, -0.25) is 0 Å². The monoisotopic (exact) mass is 330 g/mol. The van der Waals surface area contributed by atoms with Gasteiger partial charge in [0, 0.05) is 10.2 Å². The highest BCUT2D eigenvalue weighted by Gasteiger charge is 2.11. The van der Waals surface area contributed by atoms with Crippen LogP contribution in [0.4, 0.5) is 4.39 Å². The largest absolute Gasteiger partial charge is 0.218 e. The molecule has 0 fully saturated rings. The molecule has 0 amide bonds. The molecule has 18 heavy (non-hydrogen) atoms. The Morgan fingerprint density at radius 1 is 1.44 bits per heavy atom. The molecule has 2 rings (SSSR count). The lowest BCUT2D eigenvalue weighted by atomic mass is 10.2. The molecule has 0 saturated carbocycles. The minimum Gasteiger partial charge on any atom is -0.218 e. The van der Waals surface area contributed by atoms with Gasteiger partial charge in [-0.05, 0) is 42.0 Å². The summed E-state index contributed by atoms with van der Waals surface area (Å²) in [5.41, 5.74) is 1.01. The van der Waals surface area contributed by atoms with Crippen molar-refractivity contribution >= 4 is 27.7 Å². The number of halogens is 2. The Morgan fingerprint density at radius 3 is 2.89 bits per heavy atom. The third-order valence-corrected chi connectivity index (χ3v) is 4.04. The van der Waals surface area contributed by atoms with Crippen molar-refractivity contribution in [3.8, 4) is 0 Å². The summed E-state index contributed by atoms with van der Waals surface area (Å²) in [7, 11) is 0. The summed E-state index contributed by atoms with van der Waals surface area (Å²) < 4.78 is 15.5. The van der Waals surface area contributed by atoms with E-state index in [9.17, 15) is 4.39 Å². The van der Waals surface area contributed by atoms with Gasteiger partial charge >= 0.3 is 0 Å². The van der Waals surface area contributed by atoms with E-state index in [0.717, 1.165) is 15.2 Å². The molecule has 2 aromatic rings. The Bertz CT molecular complexity index is 544.